The third-order valence-electron chi connectivity index (χ3n) is 4.22. The Kier molecular flexibility index (Phi) is 1.74. The van der Waals surface area contributed by atoms with Gasteiger partial charge in [0, 0.05) is 6.04 Å². The molecule has 1 nitrogen and oxygen atoms in total. The lowest BCUT2D eigenvalue weighted by atomic mass is 9.98. The highest BCUT2D eigenvalue weighted by Gasteiger charge is 2.51. The molecule has 0 spiro atoms. The Morgan fingerprint density at radius 3 is 2.62 bits per heavy atom. The number of nitrogens with one attached hydrogen (secondary N) is 1. The lowest BCUT2D eigenvalue weighted by molar-refractivity contribution is 0.419. The summed E-state index contributed by atoms with van der Waals surface area (Å²) in [6.45, 7) is 3.82. The van der Waals surface area contributed by atoms with Crippen molar-refractivity contribution in [2.45, 2.75) is 51.5 Å². The van der Waals surface area contributed by atoms with Crippen molar-refractivity contribution in [3.8, 4) is 0 Å². The zero-order chi connectivity index (χ0) is 8.89. The van der Waals surface area contributed by atoms with E-state index in [0.29, 0.717) is 0 Å². The predicted octanol–water partition coefficient (Wildman–Crippen LogP) is 2.56. The summed E-state index contributed by atoms with van der Waals surface area (Å²) in [7, 11) is 0. The Hall–Kier alpha value is -0.0400. The van der Waals surface area contributed by atoms with E-state index in [1.54, 1.807) is 0 Å². The van der Waals surface area contributed by atoms with Crippen molar-refractivity contribution in [1.82, 2.24) is 5.32 Å². The first-order valence-corrected chi connectivity index (χ1v) is 6.00. The molecular weight excluding hydrogens is 158 g/mol. The van der Waals surface area contributed by atoms with Crippen LogP contribution in [0, 0.1) is 17.3 Å². The average Bonchev–Trinajstić information content (AvgIpc) is 2.85. The van der Waals surface area contributed by atoms with E-state index >= 15 is 0 Å². The molecule has 0 saturated heterocycles. The molecule has 0 aromatic rings. The van der Waals surface area contributed by atoms with Crippen LogP contribution >= 0.6 is 0 Å². The molecule has 3 fully saturated rings. The minimum absolute atomic E-state index is 0.753. The first-order valence-electron chi connectivity index (χ1n) is 6.00. The van der Waals surface area contributed by atoms with Gasteiger partial charge in [0.05, 0.1) is 0 Å². The van der Waals surface area contributed by atoms with Crippen LogP contribution in [0.3, 0.4) is 0 Å². The maximum absolute atomic E-state index is 3.67. The quantitative estimate of drug-likeness (QED) is 0.684. The molecule has 0 aromatic carbocycles. The van der Waals surface area contributed by atoms with E-state index in [1.165, 1.54) is 45.1 Å². The fourth-order valence-corrected chi connectivity index (χ4v) is 2.65. The average molecular weight is 179 g/mol. The smallest absolute Gasteiger partial charge is 0.00683 e. The number of hydrogen-bond acceptors (Lipinski definition) is 1. The molecule has 74 valence electrons. The Morgan fingerprint density at radius 2 is 2.00 bits per heavy atom. The van der Waals surface area contributed by atoms with Crippen LogP contribution in [-0.4, -0.2) is 12.6 Å². The van der Waals surface area contributed by atoms with E-state index in [4.69, 9.17) is 0 Å². The molecule has 2 atom stereocenters. The molecule has 0 bridgehead atoms. The van der Waals surface area contributed by atoms with Crippen LogP contribution in [-0.2, 0) is 0 Å². The second-order valence-electron chi connectivity index (χ2n) is 5.89. The van der Waals surface area contributed by atoms with Gasteiger partial charge >= 0.3 is 0 Å². The summed E-state index contributed by atoms with van der Waals surface area (Å²) in [6, 6.07) is 0.908. The first kappa shape index (κ1) is 8.28. The lowest BCUT2D eigenvalue weighted by Crippen LogP contribution is -2.21. The third kappa shape index (κ3) is 1.90. The highest BCUT2D eigenvalue weighted by atomic mass is 15.0. The maximum atomic E-state index is 3.67. The molecule has 0 amide bonds. The molecule has 3 rings (SSSR count). The van der Waals surface area contributed by atoms with E-state index in [1.807, 2.05) is 0 Å². The molecule has 1 N–H and O–H groups in total. The predicted molar refractivity (Wildman–Crippen MR) is 54.6 cm³/mol. The molecule has 13 heavy (non-hydrogen) atoms. The maximum Gasteiger partial charge on any atom is 0.00683 e. The largest absolute Gasteiger partial charge is 0.314 e. The van der Waals surface area contributed by atoms with E-state index in [-0.39, 0.29) is 0 Å². The van der Waals surface area contributed by atoms with Crippen molar-refractivity contribution in [2.24, 2.45) is 17.3 Å². The summed E-state index contributed by atoms with van der Waals surface area (Å²) in [5.41, 5.74) is 0.753. The van der Waals surface area contributed by atoms with Gasteiger partial charge in [0.2, 0.25) is 0 Å². The van der Waals surface area contributed by atoms with Crippen LogP contribution in [0.4, 0.5) is 0 Å². The van der Waals surface area contributed by atoms with E-state index in [0.717, 1.165) is 23.3 Å². The molecule has 0 heterocycles. The second-order valence-corrected chi connectivity index (χ2v) is 5.89. The molecule has 1 heteroatoms. The zero-order valence-corrected chi connectivity index (χ0v) is 8.68. The molecular formula is C12H21N. The Bertz CT molecular complexity index is 205. The van der Waals surface area contributed by atoms with Crippen molar-refractivity contribution in [2.75, 3.05) is 6.54 Å². The van der Waals surface area contributed by atoms with Crippen molar-refractivity contribution >= 4 is 0 Å². The summed E-state index contributed by atoms with van der Waals surface area (Å²) in [6.07, 6.45) is 8.96. The van der Waals surface area contributed by atoms with Crippen LogP contribution in [0.1, 0.15) is 45.4 Å². The molecule has 3 aliphatic carbocycles. The van der Waals surface area contributed by atoms with Crippen LogP contribution in [0.5, 0.6) is 0 Å². The van der Waals surface area contributed by atoms with Gasteiger partial charge < -0.3 is 5.32 Å². The Balaban J connectivity index is 1.41. The number of rotatable bonds is 5. The van der Waals surface area contributed by atoms with Gasteiger partial charge in [-0.05, 0) is 49.5 Å². The lowest BCUT2D eigenvalue weighted by Gasteiger charge is -2.10. The summed E-state index contributed by atoms with van der Waals surface area (Å²) in [5, 5.41) is 3.67. The highest BCUT2D eigenvalue weighted by molar-refractivity contribution is 5.03. The van der Waals surface area contributed by atoms with Crippen LogP contribution in [0.2, 0.25) is 0 Å². The third-order valence-corrected chi connectivity index (χ3v) is 4.22. The molecule has 0 aliphatic heterocycles. The summed E-state index contributed by atoms with van der Waals surface area (Å²) < 4.78 is 0. The fourth-order valence-electron chi connectivity index (χ4n) is 2.65. The topological polar surface area (TPSA) is 12.0 Å². The van der Waals surface area contributed by atoms with E-state index in [9.17, 15) is 0 Å². The van der Waals surface area contributed by atoms with Gasteiger partial charge in [0.15, 0.2) is 0 Å². The molecule has 3 saturated carbocycles. The summed E-state index contributed by atoms with van der Waals surface area (Å²) in [4.78, 5) is 0. The van der Waals surface area contributed by atoms with Crippen molar-refractivity contribution in [3.63, 3.8) is 0 Å². The van der Waals surface area contributed by atoms with Crippen molar-refractivity contribution in [1.29, 1.82) is 0 Å². The highest BCUT2D eigenvalue weighted by Crippen LogP contribution is 2.59. The fraction of sp³-hybridized carbons (Fsp3) is 1.00. The van der Waals surface area contributed by atoms with Crippen LogP contribution in [0.25, 0.3) is 0 Å². The van der Waals surface area contributed by atoms with Gasteiger partial charge in [-0.25, -0.2) is 0 Å². The molecule has 2 unspecified atom stereocenters. The SMILES string of the molecule is CC1(CC2CC2)CC1CNC1CC1. The van der Waals surface area contributed by atoms with Gasteiger partial charge in [-0.2, -0.15) is 0 Å². The minimum atomic E-state index is 0.753. The summed E-state index contributed by atoms with van der Waals surface area (Å²) in [5.74, 6) is 2.14. The van der Waals surface area contributed by atoms with Gasteiger partial charge in [-0.1, -0.05) is 19.8 Å². The van der Waals surface area contributed by atoms with Gasteiger partial charge in [-0.3, -0.25) is 0 Å². The monoisotopic (exact) mass is 179 g/mol. The second kappa shape index (κ2) is 2.73. The normalized spacial score (nSPS) is 43.6. The van der Waals surface area contributed by atoms with Crippen LogP contribution < -0.4 is 5.32 Å². The zero-order valence-electron chi connectivity index (χ0n) is 8.68. The molecule has 0 aromatic heterocycles. The first-order chi connectivity index (χ1) is 6.26. The molecule has 3 aliphatic rings. The van der Waals surface area contributed by atoms with Gasteiger partial charge in [0.25, 0.3) is 0 Å². The Labute approximate surface area is 81.3 Å². The number of hydrogen-bond donors (Lipinski definition) is 1. The molecule has 0 radical (unpaired) electrons. The van der Waals surface area contributed by atoms with Gasteiger partial charge in [0.1, 0.15) is 0 Å². The minimum Gasteiger partial charge on any atom is -0.314 e. The van der Waals surface area contributed by atoms with Crippen molar-refractivity contribution in [3.05, 3.63) is 0 Å². The van der Waals surface area contributed by atoms with Gasteiger partial charge in [-0.15, -0.1) is 0 Å². The Morgan fingerprint density at radius 1 is 1.23 bits per heavy atom. The summed E-state index contributed by atoms with van der Waals surface area (Å²) >= 11 is 0. The standard InChI is InChI=1S/C12H21N/c1-12(6-9-2-3-9)7-10(12)8-13-11-4-5-11/h9-11,13H,2-8H2,1H3. The van der Waals surface area contributed by atoms with Crippen molar-refractivity contribution < 1.29 is 0 Å². The van der Waals surface area contributed by atoms with Crippen LogP contribution in [0.15, 0.2) is 0 Å². The van der Waals surface area contributed by atoms with E-state index < -0.39 is 0 Å². The van der Waals surface area contributed by atoms with E-state index in [2.05, 4.69) is 12.2 Å².